The van der Waals surface area contributed by atoms with E-state index in [0.717, 1.165) is 51.6 Å². The first-order valence-corrected chi connectivity index (χ1v) is 26.6. The van der Waals surface area contributed by atoms with E-state index in [4.69, 9.17) is 9.47 Å². The number of carbonyl (C=O) groups is 2. The Morgan fingerprint density at radius 3 is 0.932 bits per heavy atom. The van der Waals surface area contributed by atoms with Crippen molar-refractivity contribution >= 4 is 11.9 Å². The van der Waals surface area contributed by atoms with Crippen LogP contribution in [0.3, 0.4) is 0 Å². The lowest BCUT2D eigenvalue weighted by molar-refractivity contribution is -0.146. The highest BCUT2D eigenvalue weighted by Gasteiger charge is 2.14. The Kier molecular flexibility index (Phi) is 47.0. The van der Waals surface area contributed by atoms with Crippen LogP contribution >= 0.6 is 0 Å². The lowest BCUT2D eigenvalue weighted by Crippen LogP contribution is -2.29. The van der Waals surface area contributed by atoms with Gasteiger partial charge in [0.15, 0.2) is 0 Å². The van der Waals surface area contributed by atoms with Crippen LogP contribution in [-0.2, 0) is 19.1 Å². The Labute approximate surface area is 369 Å². The van der Waals surface area contributed by atoms with Crippen LogP contribution in [0.1, 0.15) is 278 Å². The van der Waals surface area contributed by atoms with E-state index in [1.54, 1.807) is 0 Å². The van der Waals surface area contributed by atoms with E-state index in [-0.39, 0.29) is 18.5 Å². The van der Waals surface area contributed by atoms with Gasteiger partial charge in [0.05, 0.1) is 19.8 Å². The maximum atomic E-state index is 12.7. The molecule has 59 heavy (non-hydrogen) atoms. The Morgan fingerprint density at radius 2 is 0.644 bits per heavy atom. The zero-order chi connectivity index (χ0) is 43.1. The fraction of sp³-hybridized carbons (Fsp3) is 0.962. The SMILES string of the molecule is CCCCCCCCCCC(CCCCCCCC)COC(=O)CCCCCN(CCO)CCCCCC(=O)OCC(CCCCCCCC)CCCCCCCCC. The summed E-state index contributed by atoms with van der Waals surface area (Å²) in [6.07, 6.45) is 47.4. The minimum Gasteiger partial charge on any atom is -0.465 e. The lowest BCUT2D eigenvalue weighted by Gasteiger charge is -2.21. The molecule has 0 rings (SSSR count). The molecule has 0 aromatic heterocycles. The Hall–Kier alpha value is -1.14. The van der Waals surface area contributed by atoms with Crippen molar-refractivity contribution < 1.29 is 24.2 Å². The zero-order valence-corrected chi connectivity index (χ0v) is 40.5. The van der Waals surface area contributed by atoms with Crippen molar-refractivity contribution in [1.29, 1.82) is 0 Å². The number of nitrogens with zero attached hydrogens (tertiary/aromatic N) is 1. The molecule has 0 bridgehead atoms. The number of aliphatic hydroxyl groups excluding tert-OH is 1. The summed E-state index contributed by atoms with van der Waals surface area (Å²) in [4.78, 5) is 27.7. The van der Waals surface area contributed by atoms with E-state index >= 15 is 0 Å². The first-order valence-electron chi connectivity index (χ1n) is 26.6. The van der Waals surface area contributed by atoms with Crippen molar-refractivity contribution in [3.05, 3.63) is 0 Å². The predicted molar refractivity (Wildman–Crippen MR) is 255 cm³/mol. The number of ether oxygens (including phenoxy) is 2. The second kappa shape index (κ2) is 47.9. The van der Waals surface area contributed by atoms with Crippen molar-refractivity contribution in [2.75, 3.05) is 39.5 Å². The van der Waals surface area contributed by atoms with E-state index in [1.165, 1.54) is 199 Å². The van der Waals surface area contributed by atoms with Crippen LogP contribution in [-0.4, -0.2) is 61.4 Å². The zero-order valence-electron chi connectivity index (χ0n) is 40.5. The van der Waals surface area contributed by atoms with Gasteiger partial charge in [0.1, 0.15) is 0 Å². The van der Waals surface area contributed by atoms with Crippen LogP contribution < -0.4 is 0 Å². The van der Waals surface area contributed by atoms with Gasteiger partial charge in [0.25, 0.3) is 0 Å². The lowest BCUT2D eigenvalue weighted by atomic mass is 9.94. The molecule has 0 radical (unpaired) electrons. The van der Waals surface area contributed by atoms with Gasteiger partial charge in [-0.2, -0.15) is 0 Å². The topological polar surface area (TPSA) is 76.1 Å². The Bertz CT molecular complexity index is 852. The molecule has 0 aliphatic rings. The standard InChI is InChI=1S/C53H105NO5/c1-5-9-13-17-21-23-27-33-41-51(39-31-25-20-16-12-8-4)49-59-53(57)43-35-29-37-45-54(46-47-55)44-36-28-34-42-52(56)58-48-50(38-30-24-19-15-11-7-3)40-32-26-22-18-14-10-6-2/h50-51,55H,5-49H2,1-4H3. The van der Waals surface area contributed by atoms with Crippen LogP contribution in [0.5, 0.6) is 0 Å². The highest BCUT2D eigenvalue weighted by atomic mass is 16.5. The van der Waals surface area contributed by atoms with Gasteiger partial charge in [-0.15, -0.1) is 0 Å². The summed E-state index contributed by atoms with van der Waals surface area (Å²) >= 11 is 0. The number of unbranched alkanes of at least 4 members (excludes halogenated alkanes) is 27. The van der Waals surface area contributed by atoms with Crippen LogP contribution in [0.4, 0.5) is 0 Å². The second-order valence-electron chi connectivity index (χ2n) is 18.6. The number of carbonyl (C=O) groups excluding carboxylic acids is 2. The summed E-state index contributed by atoms with van der Waals surface area (Å²) in [6.45, 7) is 13.0. The summed E-state index contributed by atoms with van der Waals surface area (Å²) in [7, 11) is 0. The third-order valence-corrected chi connectivity index (χ3v) is 12.7. The largest absolute Gasteiger partial charge is 0.465 e. The molecule has 0 saturated carbocycles. The number of esters is 2. The van der Waals surface area contributed by atoms with Gasteiger partial charge in [-0.05, 0) is 76.3 Å². The van der Waals surface area contributed by atoms with Gasteiger partial charge >= 0.3 is 11.9 Å². The summed E-state index contributed by atoms with van der Waals surface area (Å²) in [5.41, 5.74) is 0. The highest BCUT2D eigenvalue weighted by molar-refractivity contribution is 5.69. The first kappa shape index (κ1) is 57.9. The van der Waals surface area contributed by atoms with Gasteiger partial charge in [-0.25, -0.2) is 0 Å². The third-order valence-electron chi connectivity index (χ3n) is 12.7. The molecule has 6 nitrogen and oxygen atoms in total. The normalized spacial score (nSPS) is 12.6. The molecule has 0 saturated heterocycles. The average Bonchev–Trinajstić information content (AvgIpc) is 3.23. The minimum absolute atomic E-state index is 0.0268. The molecule has 0 aliphatic heterocycles. The number of aliphatic hydroxyl groups is 1. The summed E-state index contributed by atoms with van der Waals surface area (Å²) in [6, 6.07) is 0. The fourth-order valence-corrected chi connectivity index (χ4v) is 8.61. The van der Waals surface area contributed by atoms with Crippen molar-refractivity contribution in [1.82, 2.24) is 4.90 Å². The molecule has 0 aromatic rings. The maximum Gasteiger partial charge on any atom is 0.305 e. The van der Waals surface area contributed by atoms with Crippen LogP contribution in [0.25, 0.3) is 0 Å². The number of hydrogen-bond acceptors (Lipinski definition) is 6. The van der Waals surface area contributed by atoms with Gasteiger partial charge in [-0.1, -0.05) is 214 Å². The molecule has 0 spiro atoms. The van der Waals surface area contributed by atoms with E-state index in [0.29, 0.717) is 44.4 Å². The van der Waals surface area contributed by atoms with E-state index < -0.39 is 0 Å². The van der Waals surface area contributed by atoms with Crippen molar-refractivity contribution in [3.8, 4) is 0 Å². The minimum atomic E-state index is -0.0277. The molecule has 6 heteroatoms. The average molecular weight is 836 g/mol. The summed E-state index contributed by atoms with van der Waals surface area (Å²) in [5, 5.41) is 9.67. The van der Waals surface area contributed by atoms with Crippen molar-refractivity contribution in [3.63, 3.8) is 0 Å². The predicted octanol–water partition coefficient (Wildman–Crippen LogP) is 15.9. The molecule has 1 N–H and O–H groups in total. The molecule has 2 unspecified atom stereocenters. The highest BCUT2D eigenvalue weighted by Crippen LogP contribution is 2.22. The van der Waals surface area contributed by atoms with Crippen LogP contribution in [0.2, 0.25) is 0 Å². The molecule has 0 aliphatic carbocycles. The second-order valence-corrected chi connectivity index (χ2v) is 18.6. The molecule has 2 atom stereocenters. The fourth-order valence-electron chi connectivity index (χ4n) is 8.61. The Morgan fingerprint density at radius 1 is 0.373 bits per heavy atom. The van der Waals surface area contributed by atoms with Gasteiger partial charge < -0.3 is 19.5 Å². The van der Waals surface area contributed by atoms with Crippen LogP contribution in [0.15, 0.2) is 0 Å². The van der Waals surface area contributed by atoms with Crippen molar-refractivity contribution in [2.45, 2.75) is 278 Å². The monoisotopic (exact) mass is 836 g/mol. The molecule has 0 heterocycles. The van der Waals surface area contributed by atoms with Gasteiger partial charge in [-0.3, -0.25) is 9.59 Å². The molecule has 0 fully saturated rings. The molecular formula is C53H105NO5. The van der Waals surface area contributed by atoms with Gasteiger partial charge in [0, 0.05) is 19.4 Å². The third kappa shape index (κ3) is 43.3. The van der Waals surface area contributed by atoms with Gasteiger partial charge in [0.2, 0.25) is 0 Å². The smallest absolute Gasteiger partial charge is 0.305 e. The molecule has 352 valence electrons. The van der Waals surface area contributed by atoms with Crippen molar-refractivity contribution in [2.24, 2.45) is 11.8 Å². The number of hydrogen-bond donors (Lipinski definition) is 1. The molecular weight excluding hydrogens is 731 g/mol. The summed E-state index contributed by atoms with van der Waals surface area (Å²) < 4.78 is 11.7. The van der Waals surface area contributed by atoms with E-state index in [2.05, 4.69) is 32.6 Å². The number of rotatable bonds is 49. The summed E-state index contributed by atoms with van der Waals surface area (Å²) in [5.74, 6) is 0.973. The molecule has 0 amide bonds. The molecule has 0 aromatic carbocycles. The van der Waals surface area contributed by atoms with Crippen LogP contribution in [0, 0.1) is 11.8 Å². The maximum absolute atomic E-state index is 12.7. The van der Waals surface area contributed by atoms with E-state index in [9.17, 15) is 14.7 Å². The quantitative estimate of drug-likeness (QED) is 0.0486. The van der Waals surface area contributed by atoms with E-state index in [1.807, 2.05) is 0 Å². The Balaban J connectivity index is 4.34. The first-order chi connectivity index (χ1) is 29.0.